The molecule has 5 heteroatoms. The third-order valence-electron chi connectivity index (χ3n) is 4.60. The summed E-state index contributed by atoms with van der Waals surface area (Å²) in [6.07, 6.45) is 3.43. The molecule has 4 atom stereocenters. The zero-order valence-electron chi connectivity index (χ0n) is 11.8. The summed E-state index contributed by atoms with van der Waals surface area (Å²) in [4.78, 5) is 17.6. The molecule has 0 saturated carbocycles. The Labute approximate surface area is 127 Å². The van der Waals surface area contributed by atoms with E-state index in [1.807, 2.05) is 31.2 Å². The van der Waals surface area contributed by atoms with Gasteiger partial charge in [-0.05, 0) is 38.3 Å². The van der Waals surface area contributed by atoms with Crippen LogP contribution in [0.2, 0.25) is 0 Å². The monoisotopic (exact) mass is 304 g/mol. The van der Waals surface area contributed by atoms with Crippen LogP contribution in [0.5, 0.6) is 0 Å². The Morgan fingerprint density at radius 3 is 2.86 bits per heavy atom. The molecule has 4 unspecified atom stereocenters. The second-order valence-electron chi connectivity index (χ2n) is 5.96. The Morgan fingerprint density at radius 2 is 2.19 bits per heavy atom. The summed E-state index contributed by atoms with van der Waals surface area (Å²) in [5, 5.41) is 0.350. The Balaban J connectivity index is 1.96. The van der Waals surface area contributed by atoms with Gasteiger partial charge in [-0.2, -0.15) is 0 Å². The summed E-state index contributed by atoms with van der Waals surface area (Å²) in [5.74, 6) is 0.654. The fraction of sp³-hybridized carbons (Fsp3) is 0.500. The van der Waals surface area contributed by atoms with Gasteiger partial charge in [-0.25, -0.2) is 4.98 Å². The molecule has 2 saturated heterocycles. The van der Waals surface area contributed by atoms with Crippen molar-refractivity contribution in [3.8, 4) is 0 Å². The van der Waals surface area contributed by atoms with E-state index >= 15 is 0 Å². The van der Waals surface area contributed by atoms with Gasteiger partial charge in [0.1, 0.15) is 5.82 Å². The van der Waals surface area contributed by atoms with Gasteiger partial charge in [0.05, 0.1) is 34.5 Å². The standard InChI is InChI=1S/C16H17ClN2O2/c1-9(17)15-18-12-5-3-2-4-11(12)16(20)19(15)13-8-10-6-7-14(13)21-10/h2-5,9-10,13-14H,6-8H2,1H3. The second-order valence-corrected chi connectivity index (χ2v) is 6.61. The lowest BCUT2D eigenvalue weighted by Gasteiger charge is -2.25. The molecule has 0 spiro atoms. The maximum Gasteiger partial charge on any atom is 0.261 e. The fourth-order valence-electron chi connectivity index (χ4n) is 3.65. The van der Waals surface area contributed by atoms with E-state index in [1.165, 1.54) is 0 Å². The van der Waals surface area contributed by atoms with Crippen LogP contribution in [-0.4, -0.2) is 21.8 Å². The van der Waals surface area contributed by atoms with Crippen LogP contribution in [0.1, 0.15) is 43.4 Å². The lowest BCUT2D eigenvalue weighted by atomic mass is 9.95. The van der Waals surface area contributed by atoms with Crippen molar-refractivity contribution in [3.05, 3.63) is 40.4 Å². The van der Waals surface area contributed by atoms with Crippen LogP contribution in [0, 0.1) is 0 Å². The van der Waals surface area contributed by atoms with Crippen molar-refractivity contribution < 1.29 is 4.74 Å². The predicted molar refractivity (Wildman–Crippen MR) is 81.8 cm³/mol. The van der Waals surface area contributed by atoms with Crippen LogP contribution in [0.4, 0.5) is 0 Å². The zero-order chi connectivity index (χ0) is 14.6. The van der Waals surface area contributed by atoms with Crippen LogP contribution >= 0.6 is 11.6 Å². The SMILES string of the molecule is CC(Cl)c1nc2ccccc2c(=O)n1C1CC2CCC1O2. The number of alkyl halides is 1. The van der Waals surface area contributed by atoms with Crippen molar-refractivity contribution >= 4 is 22.5 Å². The minimum Gasteiger partial charge on any atom is -0.373 e. The van der Waals surface area contributed by atoms with Gasteiger partial charge in [-0.1, -0.05) is 12.1 Å². The number of ether oxygens (including phenoxy) is 1. The maximum atomic E-state index is 12.9. The lowest BCUT2D eigenvalue weighted by Crippen LogP contribution is -2.34. The van der Waals surface area contributed by atoms with Crippen LogP contribution in [0.3, 0.4) is 0 Å². The first-order valence-corrected chi connectivity index (χ1v) is 7.89. The first-order valence-electron chi connectivity index (χ1n) is 7.46. The molecule has 2 aliphatic heterocycles. The number of hydrogen-bond donors (Lipinski definition) is 0. The molecule has 0 N–H and O–H groups in total. The summed E-state index contributed by atoms with van der Waals surface area (Å²) in [5.41, 5.74) is 0.717. The van der Waals surface area contributed by atoms with E-state index in [4.69, 9.17) is 16.3 Å². The Hall–Kier alpha value is -1.39. The fourth-order valence-corrected chi connectivity index (χ4v) is 3.80. The third kappa shape index (κ3) is 2.00. The van der Waals surface area contributed by atoms with E-state index in [2.05, 4.69) is 4.98 Å². The van der Waals surface area contributed by atoms with Gasteiger partial charge in [0.15, 0.2) is 0 Å². The largest absolute Gasteiger partial charge is 0.373 e. The van der Waals surface area contributed by atoms with Gasteiger partial charge in [0, 0.05) is 0 Å². The minimum atomic E-state index is -0.304. The highest BCUT2D eigenvalue weighted by atomic mass is 35.5. The van der Waals surface area contributed by atoms with E-state index in [9.17, 15) is 4.79 Å². The first kappa shape index (κ1) is 13.3. The smallest absolute Gasteiger partial charge is 0.261 e. The van der Waals surface area contributed by atoms with Crippen LogP contribution in [0.25, 0.3) is 10.9 Å². The number of aromatic nitrogens is 2. The molecule has 2 aromatic rings. The summed E-state index contributed by atoms with van der Waals surface area (Å²) in [7, 11) is 0. The average molecular weight is 305 g/mol. The molecule has 1 aromatic heterocycles. The van der Waals surface area contributed by atoms with Gasteiger partial charge in [-0.3, -0.25) is 9.36 Å². The van der Waals surface area contributed by atoms with Crippen molar-refractivity contribution in [1.29, 1.82) is 0 Å². The van der Waals surface area contributed by atoms with Gasteiger partial charge >= 0.3 is 0 Å². The van der Waals surface area contributed by atoms with Crippen molar-refractivity contribution in [1.82, 2.24) is 9.55 Å². The molecule has 110 valence electrons. The van der Waals surface area contributed by atoms with Crippen LogP contribution < -0.4 is 5.56 Å². The van der Waals surface area contributed by atoms with Crippen molar-refractivity contribution in [2.45, 2.75) is 49.8 Å². The van der Waals surface area contributed by atoms with Gasteiger partial charge in [-0.15, -0.1) is 11.6 Å². The molecule has 0 aliphatic carbocycles. The van der Waals surface area contributed by atoms with E-state index in [-0.39, 0.29) is 29.2 Å². The van der Waals surface area contributed by atoms with Crippen LogP contribution in [0.15, 0.2) is 29.1 Å². The number of fused-ring (bicyclic) bond motifs is 3. The quantitative estimate of drug-likeness (QED) is 0.800. The van der Waals surface area contributed by atoms with E-state index < -0.39 is 0 Å². The van der Waals surface area contributed by atoms with Gasteiger partial charge < -0.3 is 4.74 Å². The summed E-state index contributed by atoms with van der Waals surface area (Å²) in [6.45, 7) is 1.86. The number of nitrogens with zero attached hydrogens (tertiary/aromatic N) is 2. The topological polar surface area (TPSA) is 44.1 Å². The van der Waals surface area contributed by atoms with Gasteiger partial charge in [0.2, 0.25) is 0 Å². The predicted octanol–water partition coefficient (Wildman–Crippen LogP) is 3.19. The molecule has 3 heterocycles. The summed E-state index contributed by atoms with van der Waals surface area (Å²) >= 11 is 6.30. The van der Waals surface area contributed by atoms with Gasteiger partial charge in [0.25, 0.3) is 5.56 Å². The molecule has 0 radical (unpaired) electrons. The lowest BCUT2D eigenvalue weighted by molar-refractivity contribution is 0.0929. The van der Waals surface area contributed by atoms with E-state index in [0.717, 1.165) is 19.3 Å². The third-order valence-corrected chi connectivity index (χ3v) is 4.79. The molecule has 4 rings (SSSR count). The molecule has 0 amide bonds. The van der Waals surface area contributed by atoms with Crippen molar-refractivity contribution in [3.63, 3.8) is 0 Å². The molecule has 2 bridgehead atoms. The van der Waals surface area contributed by atoms with E-state index in [1.54, 1.807) is 4.57 Å². The first-order chi connectivity index (χ1) is 10.1. The molecule has 2 aliphatic rings. The molecule has 2 fully saturated rings. The number of halogens is 1. The van der Waals surface area contributed by atoms with Crippen molar-refractivity contribution in [2.75, 3.05) is 0 Å². The maximum absolute atomic E-state index is 12.9. The summed E-state index contributed by atoms with van der Waals surface area (Å²) < 4.78 is 7.71. The highest BCUT2D eigenvalue weighted by Crippen LogP contribution is 2.42. The van der Waals surface area contributed by atoms with Crippen LogP contribution in [-0.2, 0) is 4.74 Å². The number of benzene rings is 1. The van der Waals surface area contributed by atoms with Crippen molar-refractivity contribution in [2.24, 2.45) is 0 Å². The highest BCUT2D eigenvalue weighted by molar-refractivity contribution is 6.20. The molecule has 4 nitrogen and oxygen atoms in total. The Kier molecular flexibility index (Phi) is 3.05. The molecular formula is C16H17ClN2O2. The molecule has 21 heavy (non-hydrogen) atoms. The average Bonchev–Trinajstić information content (AvgIpc) is 3.09. The summed E-state index contributed by atoms with van der Waals surface area (Å²) in [6, 6.07) is 7.53. The molecule has 1 aromatic carbocycles. The Morgan fingerprint density at radius 1 is 1.38 bits per heavy atom. The normalized spacial score (nSPS) is 29.1. The number of rotatable bonds is 2. The number of hydrogen-bond acceptors (Lipinski definition) is 3. The molecular weight excluding hydrogens is 288 g/mol. The van der Waals surface area contributed by atoms with E-state index in [0.29, 0.717) is 16.7 Å². The Bertz CT molecular complexity index is 756. The number of para-hydroxylation sites is 1. The zero-order valence-corrected chi connectivity index (χ0v) is 12.6. The highest BCUT2D eigenvalue weighted by Gasteiger charge is 2.43. The minimum absolute atomic E-state index is 0.00394. The second kappa shape index (κ2) is 4.82.